The quantitative estimate of drug-likeness (QED) is 0.404. The van der Waals surface area contributed by atoms with E-state index in [1.165, 1.54) is 6.33 Å². The number of nitrogens with zero attached hydrogens (tertiary/aromatic N) is 7. The third-order valence-corrected chi connectivity index (χ3v) is 5.77. The normalized spacial score (nSPS) is 12.4. The molecule has 0 aliphatic rings. The molecule has 11 nitrogen and oxygen atoms in total. The summed E-state index contributed by atoms with van der Waals surface area (Å²) in [5.41, 5.74) is 1.91. The molecule has 0 saturated heterocycles. The molecule has 0 spiro atoms. The lowest BCUT2D eigenvalue weighted by molar-refractivity contribution is 0.0926. The van der Waals surface area contributed by atoms with Crippen LogP contribution in [-0.2, 0) is 12.5 Å². The van der Waals surface area contributed by atoms with Gasteiger partial charge in [-0.3, -0.25) is 9.48 Å². The Morgan fingerprint density at radius 2 is 1.94 bits per heavy atom. The highest BCUT2D eigenvalue weighted by Crippen LogP contribution is 2.33. The molecular formula is C23H26ClN9O2. The van der Waals surface area contributed by atoms with Crippen LogP contribution in [0.15, 0.2) is 35.2 Å². The van der Waals surface area contributed by atoms with Crippen LogP contribution in [-0.4, -0.2) is 40.8 Å². The Morgan fingerprint density at radius 1 is 1.17 bits per heavy atom. The number of benzene rings is 1. The molecule has 1 atom stereocenters. The zero-order chi connectivity index (χ0) is 25.3. The minimum absolute atomic E-state index is 0.0237. The molecule has 4 rings (SSSR count). The summed E-state index contributed by atoms with van der Waals surface area (Å²) < 4.78 is 6.89. The topological polar surface area (TPSA) is 137 Å². The van der Waals surface area contributed by atoms with Crippen LogP contribution in [0.1, 0.15) is 61.4 Å². The number of nitrogens with one attached hydrogen (secondary N) is 2. The van der Waals surface area contributed by atoms with Gasteiger partial charge < -0.3 is 15.2 Å². The van der Waals surface area contributed by atoms with E-state index in [4.69, 9.17) is 16.1 Å². The number of aromatic nitrogens is 7. The molecule has 3 aromatic heterocycles. The van der Waals surface area contributed by atoms with Crippen molar-refractivity contribution in [3.8, 4) is 11.4 Å². The fraction of sp³-hybridized carbons (Fsp3) is 0.348. The van der Waals surface area contributed by atoms with Gasteiger partial charge in [-0.05, 0) is 25.0 Å². The number of halogens is 1. The first-order valence-corrected chi connectivity index (χ1v) is 11.3. The summed E-state index contributed by atoms with van der Waals surface area (Å²) in [4.78, 5) is 29.8. The Hall–Kier alpha value is -3.86. The van der Waals surface area contributed by atoms with Crippen molar-refractivity contribution >= 4 is 29.3 Å². The first-order chi connectivity index (χ1) is 16.5. The summed E-state index contributed by atoms with van der Waals surface area (Å²) in [6.07, 6.45) is 3.24. The molecule has 4 aromatic rings. The van der Waals surface area contributed by atoms with Gasteiger partial charge in [0.2, 0.25) is 11.8 Å². The number of amides is 1. The summed E-state index contributed by atoms with van der Waals surface area (Å²) in [6.45, 7) is 9.50. The van der Waals surface area contributed by atoms with Crippen molar-refractivity contribution in [3.63, 3.8) is 0 Å². The lowest BCUT2D eigenvalue weighted by Crippen LogP contribution is -2.28. The number of carbonyl (C=O) groups is 1. The van der Waals surface area contributed by atoms with Gasteiger partial charge in [-0.2, -0.15) is 15.1 Å². The van der Waals surface area contributed by atoms with Crippen LogP contribution in [0.3, 0.4) is 0 Å². The van der Waals surface area contributed by atoms with Crippen LogP contribution in [0.2, 0.25) is 5.02 Å². The van der Waals surface area contributed by atoms with E-state index in [0.717, 1.165) is 16.7 Å². The van der Waals surface area contributed by atoms with E-state index in [-0.39, 0.29) is 11.2 Å². The fourth-order valence-corrected chi connectivity index (χ4v) is 3.65. The van der Waals surface area contributed by atoms with Crippen LogP contribution in [0.25, 0.3) is 11.4 Å². The maximum Gasteiger partial charge on any atom is 0.293 e. The predicted octanol–water partition coefficient (Wildman–Crippen LogP) is 4.15. The minimum atomic E-state index is -0.447. The first kappa shape index (κ1) is 24.3. The van der Waals surface area contributed by atoms with E-state index < -0.39 is 11.9 Å². The number of anilines is 2. The monoisotopic (exact) mass is 495 g/mol. The molecule has 0 fully saturated rings. The lowest BCUT2D eigenvalue weighted by Gasteiger charge is -2.17. The van der Waals surface area contributed by atoms with Crippen molar-refractivity contribution in [2.24, 2.45) is 7.05 Å². The van der Waals surface area contributed by atoms with Gasteiger partial charge in [0.25, 0.3) is 11.7 Å². The molecule has 1 unspecified atom stereocenters. The zero-order valence-electron chi connectivity index (χ0n) is 20.3. The van der Waals surface area contributed by atoms with Crippen molar-refractivity contribution in [3.05, 3.63) is 58.6 Å². The van der Waals surface area contributed by atoms with Gasteiger partial charge in [0.15, 0.2) is 11.6 Å². The van der Waals surface area contributed by atoms with Crippen LogP contribution < -0.4 is 10.6 Å². The SMILES string of the molecule is Cc1c(-c2ncnc(Nc3ccn(C)n3)n2)ccc(C(C)NC(=O)c2noc(C(C)(C)C)n2)c1Cl. The van der Waals surface area contributed by atoms with Gasteiger partial charge in [0.05, 0.1) is 6.04 Å². The fourth-order valence-electron chi connectivity index (χ4n) is 3.32. The second-order valence-electron chi connectivity index (χ2n) is 9.14. The van der Waals surface area contributed by atoms with Crippen LogP contribution in [0, 0.1) is 6.92 Å². The molecular weight excluding hydrogens is 470 g/mol. The molecule has 0 radical (unpaired) electrons. The molecule has 12 heteroatoms. The van der Waals surface area contributed by atoms with E-state index in [1.807, 2.05) is 66.1 Å². The van der Waals surface area contributed by atoms with E-state index >= 15 is 0 Å². The second-order valence-corrected chi connectivity index (χ2v) is 9.52. The van der Waals surface area contributed by atoms with Crippen molar-refractivity contribution in [2.45, 2.75) is 46.1 Å². The maximum absolute atomic E-state index is 12.7. The largest absolute Gasteiger partial charge is 0.343 e. The average molecular weight is 496 g/mol. The number of rotatable bonds is 6. The molecule has 1 aromatic carbocycles. The predicted molar refractivity (Wildman–Crippen MR) is 130 cm³/mol. The van der Waals surface area contributed by atoms with Gasteiger partial charge in [0.1, 0.15) is 6.33 Å². The van der Waals surface area contributed by atoms with E-state index in [1.54, 1.807) is 4.68 Å². The Kier molecular flexibility index (Phi) is 6.53. The van der Waals surface area contributed by atoms with Crippen LogP contribution in [0.5, 0.6) is 0 Å². The molecule has 3 heterocycles. The number of hydrogen-bond acceptors (Lipinski definition) is 9. The average Bonchev–Trinajstić information content (AvgIpc) is 3.45. The van der Waals surface area contributed by atoms with E-state index in [0.29, 0.717) is 28.5 Å². The summed E-state index contributed by atoms with van der Waals surface area (Å²) in [7, 11) is 1.83. The van der Waals surface area contributed by atoms with Crippen molar-refractivity contribution < 1.29 is 9.32 Å². The minimum Gasteiger partial charge on any atom is -0.343 e. The molecule has 0 aliphatic carbocycles. The third-order valence-electron chi connectivity index (χ3n) is 5.27. The molecule has 0 saturated carbocycles. The van der Waals surface area contributed by atoms with Crippen LogP contribution >= 0.6 is 11.6 Å². The van der Waals surface area contributed by atoms with Gasteiger partial charge >= 0.3 is 0 Å². The molecule has 1 amide bonds. The standard InChI is InChI=1S/C23H26ClN9O2/c1-12-14(18-25-11-26-22(30-18)28-16-9-10-33(6)31-16)7-8-15(17(12)24)13(2)27-20(34)19-29-21(35-32-19)23(3,4)5/h7-11,13H,1-6H3,(H,27,34)(H,25,26,28,30,31). The van der Waals surface area contributed by atoms with Gasteiger partial charge in [-0.1, -0.05) is 49.7 Å². The Morgan fingerprint density at radius 3 is 2.60 bits per heavy atom. The van der Waals surface area contributed by atoms with Gasteiger partial charge in [-0.15, -0.1) is 0 Å². The molecule has 35 heavy (non-hydrogen) atoms. The molecule has 0 aliphatic heterocycles. The van der Waals surface area contributed by atoms with E-state index in [2.05, 4.69) is 40.8 Å². The van der Waals surface area contributed by atoms with Gasteiger partial charge in [-0.25, -0.2) is 9.97 Å². The second kappa shape index (κ2) is 9.41. The summed E-state index contributed by atoms with van der Waals surface area (Å²) in [6, 6.07) is 5.11. The number of aryl methyl sites for hydroxylation is 1. The zero-order valence-corrected chi connectivity index (χ0v) is 21.0. The molecule has 182 valence electrons. The van der Waals surface area contributed by atoms with Crippen molar-refractivity contribution in [2.75, 3.05) is 5.32 Å². The maximum atomic E-state index is 12.7. The highest BCUT2D eigenvalue weighted by Gasteiger charge is 2.25. The highest BCUT2D eigenvalue weighted by molar-refractivity contribution is 6.32. The molecule has 0 bridgehead atoms. The summed E-state index contributed by atoms with van der Waals surface area (Å²) in [5, 5.41) is 14.5. The molecule has 2 N–H and O–H groups in total. The highest BCUT2D eigenvalue weighted by atomic mass is 35.5. The number of carbonyl (C=O) groups excluding carboxylic acids is 1. The summed E-state index contributed by atoms with van der Waals surface area (Å²) in [5.74, 6) is 1.37. The first-order valence-electron chi connectivity index (χ1n) is 10.9. The van der Waals surface area contributed by atoms with E-state index in [9.17, 15) is 4.79 Å². The Balaban J connectivity index is 1.53. The van der Waals surface area contributed by atoms with Gasteiger partial charge in [0, 0.05) is 35.3 Å². The Labute approximate surface area is 207 Å². The Bertz CT molecular complexity index is 1370. The third kappa shape index (κ3) is 5.29. The van der Waals surface area contributed by atoms with Crippen molar-refractivity contribution in [1.29, 1.82) is 0 Å². The smallest absolute Gasteiger partial charge is 0.293 e. The number of hydrogen-bond donors (Lipinski definition) is 2. The van der Waals surface area contributed by atoms with Crippen LogP contribution in [0.4, 0.5) is 11.8 Å². The van der Waals surface area contributed by atoms with Crippen molar-refractivity contribution in [1.82, 2.24) is 40.2 Å². The lowest BCUT2D eigenvalue weighted by atomic mass is 9.97. The summed E-state index contributed by atoms with van der Waals surface area (Å²) >= 11 is 6.71.